The maximum atomic E-state index is 14.4. The van der Waals surface area contributed by atoms with Gasteiger partial charge in [-0.25, -0.2) is 9.07 Å². The molecule has 0 spiro atoms. The Labute approximate surface area is 149 Å². The fourth-order valence-electron chi connectivity index (χ4n) is 2.74. The molecule has 0 unspecified atom stereocenters. The average Bonchev–Trinajstić information content (AvgIpc) is 2.87. The number of hydrogen-bond donors (Lipinski definition) is 1. The van der Waals surface area contributed by atoms with Gasteiger partial charge in [0, 0.05) is 29.9 Å². The maximum absolute atomic E-state index is 14.4. The van der Waals surface area contributed by atoms with Gasteiger partial charge in [-0.15, -0.1) is 0 Å². The number of halogens is 2. The van der Waals surface area contributed by atoms with Gasteiger partial charge in [0.25, 0.3) is 5.91 Å². The molecule has 1 amide bonds. The van der Waals surface area contributed by atoms with Crippen LogP contribution in [0.2, 0.25) is 0 Å². The quantitative estimate of drug-likeness (QED) is 0.770. The number of aromatic nitrogens is 2. The van der Waals surface area contributed by atoms with Crippen LogP contribution in [-0.4, -0.2) is 22.8 Å². The third-order valence-corrected chi connectivity index (χ3v) is 4.02. The number of carbonyl (C=O) groups excluding carboxylic acids is 1. The van der Waals surface area contributed by atoms with E-state index >= 15 is 0 Å². The topological polar surface area (TPSA) is 56.1 Å². The number of amides is 1. The number of carbonyl (C=O) groups is 1. The average molecular weight is 357 g/mol. The Balaban J connectivity index is 1.99. The molecule has 0 aliphatic rings. The number of nitrogens with one attached hydrogen (secondary N) is 1. The van der Waals surface area contributed by atoms with Crippen LogP contribution in [0, 0.1) is 18.7 Å². The van der Waals surface area contributed by atoms with E-state index in [0.29, 0.717) is 22.6 Å². The number of hydrogen-bond acceptors (Lipinski definition) is 3. The van der Waals surface area contributed by atoms with Crippen LogP contribution in [0.5, 0.6) is 5.75 Å². The summed E-state index contributed by atoms with van der Waals surface area (Å²) in [6, 6.07) is 11.2. The Morgan fingerprint density at radius 1 is 1.15 bits per heavy atom. The lowest BCUT2D eigenvalue weighted by molar-refractivity contribution is 0.102. The summed E-state index contributed by atoms with van der Waals surface area (Å²) < 4.78 is 34.5. The minimum Gasteiger partial charge on any atom is -0.497 e. The summed E-state index contributed by atoms with van der Waals surface area (Å²) in [6.45, 7) is 1.55. The molecule has 0 bridgehead atoms. The van der Waals surface area contributed by atoms with E-state index in [4.69, 9.17) is 4.74 Å². The molecule has 26 heavy (non-hydrogen) atoms. The van der Waals surface area contributed by atoms with E-state index in [1.54, 1.807) is 43.3 Å². The van der Waals surface area contributed by atoms with Crippen LogP contribution in [0.3, 0.4) is 0 Å². The second-order valence-electron chi connectivity index (χ2n) is 5.72. The highest BCUT2D eigenvalue weighted by molar-refractivity contribution is 6.07. The molecule has 1 N–H and O–H groups in total. The smallest absolute Gasteiger partial charge is 0.262 e. The largest absolute Gasteiger partial charge is 0.497 e. The molecule has 3 aromatic rings. The molecule has 0 aliphatic carbocycles. The second kappa shape index (κ2) is 6.95. The van der Waals surface area contributed by atoms with E-state index in [1.165, 1.54) is 20.2 Å². The van der Waals surface area contributed by atoms with Crippen molar-refractivity contribution >= 4 is 11.6 Å². The zero-order valence-corrected chi connectivity index (χ0v) is 14.5. The van der Waals surface area contributed by atoms with Crippen molar-refractivity contribution in [2.24, 2.45) is 7.05 Å². The van der Waals surface area contributed by atoms with Crippen molar-refractivity contribution in [3.8, 4) is 16.9 Å². The van der Waals surface area contributed by atoms with Crippen molar-refractivity contribution in [3.63, 3.8) is 0 Å². The Morgan fingerprint density at radius 2 is 1.88 bits per heavy atom. The first-order valence-electron chi connectivity index (χ1n) is 7.85. The Bertz CT molecular complexity index is 983. The number of aryl methyl sites for hydroxylation is 2. The minimum atomic E-state index is -0.729. The van der Waals surface area contributed by atoms with Gasteiger partial charge in [-0.1, -0.05) is 18.2 Å². The maximum Gasteiger partial charge on any atom is 0.262 e. The molecule has 0 aliphatic heterocycles. The van der Waals surface area contributed by atoms with Gasteiger partial charge in [0.1, 0.15) is 17.1 Å². The first kappa shape index (κ1) is 17.6. The highest BCUT2D eigenvalue weighted by Crippen LogP contribution is 2.32. The van der Waals surface area contributed by atoms with Crippen molar-refractivity contribution in [1.29, 1.82) is 0 Å². The van der Waals surface area contributed by atoms with Gasteiger partial charge < -0.3 is 10.1 Å². The highest BCUT2D eigenvalue weighted by Gasteiger charge is 2.21. The fraction of sp³-hybridized carbons (Fsp3) is 0.158. The van der Waals surface area contributed by atoms with Crippen LogP contribution in [-0.2, 0) is 7.05 Å². The molecular formula is C19H17F2N3O2. The Morgan fingerprint density at radius 3 is 2.50 bits per heavy atom. The van der Waals surface area contributed by atoms with Gasteiger partial charge in [-0.3, -0.25) is 4.79 Å². The van der Waals surface area contributed by atoms with Gasteiger partial charge in [-0.2, -0.15) is 9.49 Å². The predicted molar refractivity (Wildman–Crippen MR) is 94.2 cm³/mol. The molecule has 7 heteroatoms. The third kappa shape index (κ3) is 3.15. The van der Waals surface area contributed by atoms with E-state index < -0.39 is 17.7 Å². The summed E-state index contributed by atoms with van der Waals surface area (Å²) in [6.07, 6.45) is 0. The van der Waals surface area contributed by atoms with Crippen molar-refractivity contribution in [3.05, 3.63) is 65.5 Å². The summed E-state index contributed by atoms with van der Waals surface area (Å²) in [5.74, 6) is -1.47. The first-order valence-corrected chi connectivity index (χ1v) is 7.85. The van der Waals surface area contributed by atoms with Crippen LogP contribution < -0.4 is 10.1 Å². The molecule has 2 aromatic carbocycles. The first-order chi connectivity index (χ1) is 12.4. The Kier molecular flexibility index (Phi) is 4.71. The van der Waals surface area contributed by atoms with E-state index in [1.807, 2.05) is 0 Å². The lowest BCUT2D eigenvalue weighted by Gasteiger charge is -2.12. The van der Waals surface area contributed by atoms with Crippen molar-refractivity contribution in [1.82, 2.24) is 9.78 Å². The fourth-order valence-corrected chi connectivity index (χ4v) is 2.74. The van der Waals surface area contributed by atoms with E-state index in [0.717, 1.165) is 4.68 Å². The summed E-state index contributed by atoms with van der Waals surface area (Å²) >= 11 is 0. The zero-order valence-electron chi connectivity index (χ0n) is 14.5. The van der Waals surface area contributed by atoms with Crippen LogP contribution in [0.25, 0.3) is 11.1 Å². The third-order valence-electron chi connectivity index (χ3n) is 4.02. The molecule has 1 aromatic heterocycles. The van der Waals surface area contributed by atoms with E-state index in [-0.39, 0.29) is 11.3 Å². The second-order valence-corrected chi connectivity index (χ2v) is 5.72. The van der Waals surface area contributed by atoms with Gasteiger partial charge >= 0.3 is 0 Å². The molecule has 0 fully saturated rings. The number of nitrogens with zero attached hydrogens (tertiary/aromatic N) is 2. The number of benzene rings is 2. The number of anilines is 1. The highest BCUT2D eigenvalue weighted by atomic mass is 19.1. The minimum absolute atomic E-state index is 0.141. The predicted octanol–water partition coefficient (Wildman–Crippen LogP) is 3.93. The van der Waals surface area contributed by atoms with Crippen LogP contribution in [0.1, 0.15) is 16.1 Å². The molecule has 1 heterocycles. The lowest BCUT2D eigenvalue weighted by atomic mass is 10.0. The van der Waals surface area contributed by atoms with Crippen molar-refractivity contribution in [2.45, 2.75) is 6.92 Å². The van der Waals surface area contributed by atoms with E-state index in [9.17, 15) is 13.6 Å². The van der Waals surface area contributed by atoms with Crippen molar-refractivity contribution in [2.75, 3.05) is 12.4 Å². The van der Waals surface area contributed by atoms with Crippen molar-refractivity contribution < 1.29 is 18.3 Å². The van der Waals surface area contributed by atoms with Gasteiger partial charge in [-0.05, 0) is 25.1 Å². The number of ether oxygens (including phenoxy) is 1. The molecule has 0 atom stereocenters. The normalized spacial score (nSPS) is 10.7. The van der Waals surface area contributed by atoms with Crippen LogP contribution >= 0.6 is 0 Å². The monoisotopic (exact) mass is 357 g/mol. The number of para-hydroxylation sites is 1. The molecule has 134 valence electrons. The molecule has 5 nitrogen and oxygen atoms in total. The summed E-state index contributed by atoms with van der Waals surface area (Å²) in [5.41, 5.74) is 1.27. The van der Waals surface area contributed by atoms with Crippen LogP contribution in [0.15, 0.2) is 42.5 Å². The summed E-state index contributed by atoms with van der Waals surface area (Å²) in [4.78, 5) is 12.5. The molecule has 3 rings (SSSR count). The molecule has 0 saturated carbocycles. The molecular weight excluding hydrogens is 340 g/mol. The zero-order chi connectivity index (χ0) is 18.8. The van der Waals surface area contributed by atoms with Crippen LogP contribution in [0.4, 0.5) is 14.5 Å². The standard InChI is InChI=1S/C19H17F2N3O2/c1-11-17(18(21)24(2)23-11)19(25)22-16-7-5-4-6-14(16)13-9-8-12(26-3)10-15(13)20/h4-10H,1-3H3,(H,22,25). The van der Waals surface area contributed by atoms with Gasteiger partial charge in [0.05, 0.1) is 12.8 Å². The van der Waals surface area contributed by atoms with Gasteiger partial charge in [0.2, 0.25) is 5.95 Å². The molecule has 0 saturated heterocycles. The lowest BCUT2D eigenvalue weighted by Crippen LogP contribution is -2.15. The van der Waals surface area contributed by atoms with E-state index in [2.05, 4.69) is 10.4 Å². The number of rotatable bonds is 4. The number of methoxy groups -OCH3 is 1. The SMILES string of the molecule is COc1ccc(-c2ccccc2NC(=O)c2c(C)nn(C)c2F)c(F)c1. The Hall–Kier alpha value is -3.22. The van der Waals surface area contributed by atoms with Gasteiger partial charge in [0.15, 0.2) is 0 Å². The summed E-state index contributed by atoms with van der Waals surface area (Å²) in [7, 11) is 2.87. The molecule has 0 radical (unpaired) electrons. The summed E-state index contributed by atoms with van der Waals surface area (Å²) in [5, 5.41) is 6.54.